The molecule has 1 atom stereocenters. The van der Waals surface area contributed by atoms with Gasteiger partial charge in [0.2, 0.25) is 0 Å². The Morgan fingerprint density at radius 3 is 2.58 bits per heavy atom. The largest absolute Gasteiger partial charge is 0.444 e. The molecule has 0 spiro atoms. The van der Waals surface area contributed by atoms with Crippen molar-refractivity contribution in [1.29, 1.82) is 0 Å². The van der Waals surface area contributed by atoms with Crippen molar-refractivity contribution in [1.82, 2.24) is 15.1 Å². The molecule has 1 fully saturated rings. The maximum atomic E-state index is 12.2. The van der Waals surface area contributed by atoms with Gasteiger partial charge in [0.1, 0.15) is 5.60 Å². The normalized spacial score (nSPS) is 20.4. The second-order valence-electron chi connectivity index (χ2n) is 7.50. The Morgan fingerprint density at radius 1 is 1.33 bits per heavy atom. The van der Waals surface area contributed by atoms with Crippen molar-refractivity contribution in [3.05, 3.63) is 0 Å². The predicted octanol–water partition coefficient (Wildman–Crippen LogP) is 2.92. The van der Waals surface area contributed by atoms with Crippen LogP contribution < -0.4 is 5.32 Å². The predicted molar refractivity (Wildman–Crippen MR) is 108 cm³/mol. The molecule has 0 saturated carbocycles. The van der Waals surface area contributed by atoms with Crippen molar-refractivity contribution >= 4 is 36.0 Å². The Bertz CT molecular complexity index is 446. The molecule has 140 valence electrons. The van der Waals surface area contributed by atoms with Gasteiger partial charge in [-0.1, -0.05) is 26.7 Å². The van der Waals surface area contributed by atoms with E-state index in [9.17, 15) is 4.79 Å². The fraction of sp³-hybridized carbons (Fsp3) is 0.882. The van der Waals surface area contributed by atoms with Crippen molar-refractivity contribution < 1.29 is 9.53 Å². The molecule has 0 radical (unpaired) electrons. The van der Waals surface area contributed by atoms with Gasteiger partial charge in [-0.3, -0.25) is 4.99 Å². The van der Waals surface area contributed by atoms with Crippen LogP contribution in [0.3, 0.4) is 0 Å². The number of amides is 1. The minimum absolute atomic E-state index is 0. The lowest BCUT2D eigenvalue weighted by atomic mass is 10.0. The quantitative estimate of drug-likeness (QED) is 0.667. The lowest BCUT2D eigenvalue weighted by molar-refractivity contribution is 0.0137. The Kier molecular flexibility index (Phi) is 8.08. The molecule has 0 aromatic carbocycles. The summed E-state index contributed by atoms with van der Waals surface area (Å²) in [5, 5.41) is 3.51. The fourth-order valence-electron chi connectivity index (χ4n) is 3.04. The third kappa shape index (κ3) is 5.67. The fourth-order valence-corrected chi connectivity index (χ4v) is 3.04. The topological polar surface area (TPSA) is 57.2 Å². The standard InChI is InChI=1S/C17H32N4O2.HI/c1-6-13(7-2)10-18-15-19-11-14-12-20(8-9-21(14)15)16(22)23-17(3,4)5;/h13-14H,6-12H2,1-5H3,(H,18,19);1H. The highest BCUT2D eigenvalue weighted by Gasteiger charge is 2.36. The van der Waals surface area contributed by atoms with Gasteiger partial charge in [-0.25, -0.2) is 4.79 Å². The highest BCUT2D eigenvalue weighted by molar-refractivity contribution is 14.0. The Balaban J connectivity index is 0.00000288. The van der Waals surface area contributed by atoms with Gasteiger partial charge >= 0.3 is 6.09 Å². The zero-order chi connectivity index (χ0) is 17.0. The summed E-state index contributed by atoms with van der Waals surface area (Å²) in [6.45, 7) is 14.1. The first-order chi connectivity index (χ1) is 10.8. The van der Waals surface area contributed by atoms with E-state index in [0.29, 0.717) is 19.0 Å². The summed E-state index contributed by atoms with van der Waals surface area (Å²) in [5.74, 6) is 1.70. The Labute approximate surface area is 163 Å². The average Bonchev–Trinajstić information content (AvgIpc) is 2.89. The highest BCUT2D eigenvalue weighted by Crippen LogP contribution is 2.19. The maximum absolute atomic E-state index is 12.2. The van der Waals surface area contributed by atoms with Gasteiger partial charge in [-0.05, 0) is 26.7 Å². The van der Waals surface area contributed by atoms with Crippen LogP contribution >= 0.6 is 24.0 Å². The minimum Gasteiger partial charge on any atom is -0.444 e. The molecule has 0 aromatic heterocycles. The number of nitrogens with one attached hydrogen (secondary N) is 1. The molecule has 24 heavy (non-hydrogen) atoms. The summed E-state index contributed by atoms with van der Waals surface area (Å²) in [4.78, 5) is 21.0. The number of rotatable bonds is 4. The summed E-state index contributed by atoms with van der Waals surface area (Å²) in [7, 11) is 0. The number of fused-ring (bicyclic) bond motifs is 1. The molecule has 2 aliphatic heterocycles. The van der Waals surface area contributed by atoms with Crippen molar-refractivity contribution in [2.24, 2.45) is 10.9 Å². The first-order valence-corrected chi connectivity index (χ1v) is 8.87. The molecule has 0 bridgehead atoms. The molecule has 7 heteroatoms. The molecule has 6 nitrogen and oxygen atoms in total. The van der Waals surface area contributed by atoms with Crippen molar-refractivity contribution in [2.45, 2.75) is 59.1 Å². The van der Waals surface area contributed by atoms with Crippen molar-refractivity contribution in [3.8, 4) is 0 Å². The van der Waals surface area contributed by atoms with E-state index in [1.54, 1.807) is 0 Å². The maximum Gasteiger partial charge on any atom is 0.410 e. The summed E-state index contributed by atoms with van der Waals surface area (Å²) in [6.07, 6.45) is 2.16. The minimum atomic E-state index is -0.442. The second-order valence-corrected chi connectivity index (χ2v) is 7.50. The van der Waals surface area contributed by atoms with Gasteiger partial charge in [0.25, 0.3) is 0 Å². The number of carbonyl (C=O) groups excluding carboxylic acids is 1. The molecular formula is C17H33IN4O2. The first-order valence-electron chi connectivity index (χ1n) is 8.87. The zero-order valence-electron chi connectivity index (χ0n) is 15.7. The summed E-state index contributed by atoms with van der Waals surface area (Å²) in [5.41, 5.74) is -0.442. The first kappa shape index (κ1) is 21.3. The third-order valence-corrected chi connectivity index (χ3v) is 4.56. The van der Waals surface area contributed by atoms with Crippen LogP contribution in [-0.2, 0) is 4.74 Å². The summed E-state index contributed by atoms with van der Waals surface area (Å²) in [6, 6.07) is 0.278. The van der Waals surface area contributed by atoms with Crippen molar-refractivity contribution in [2.75, 3.05) is 32.7 Å². The van der Waals surface area contributed by atoms with Crippen LogP contribution in [0, 0.1) is 5.92 Å². The second kappa shape index (κ2) is 9.10. The number of piperazine rings is 1. The van der Waals surface area contributed by atoms with Gasteiger partial charge in [0.05, 0.1) is 12.6 Å². The van der Waals surface area contributed by atoms with Gasteiger partial charge in [0.15, 0.2) is 5.96 Å². The number of nitrogens with zero attached hydrogens (tertiary/aromatic N) is 3. The lowest BCUT2D eigenvalue weighted by Gasteiger charge is -2.39. The van der Waals surface area contributed by atoms with E-state index in [1.807, 2.05) is 25.7 Å². The van der Waals surface area contributed by atoms with Crippen LogP contribution in [0.25, 0.3) is 0 Å². The molecule has 1 unspecified atom stereocenters. The van der Waals surface area contributed by atoms with Crippen LogP contribution in [-0.4, -0.2) is 66.2 Å². The smallest absolute Gasteiger partial charge is 0.410 e. The van der Waals surface area contributed by atoms with Crippen LogP contribution in [0.2, 0.25) is 0 Å². The van der Waals surface area contributed by atoms with E-state index in [0.717, 1.165) is 25.6 Å². The van der Waals surface area contributed by atoms with E-state index in [2.05, 4.69) is 29.1 Å². The van der Waals surface area contributed by atoms with E-state index < -0.39 is 5.60 Å². The number of hydrogen-bond donors (Lipinski definition) is 1. The molecule has 2 rings (SSSR count). The molecule has 1 N–H and O–H groups in total. The monoisotopic (exact) mass is 452 g/mol. The average molecular weight is 452 g/mol. The molecule has 0 aliphatic carbocycles. The number of ether oxygens (including phenoxy) is 1. The van der Waals surface area contributed by atoms with E-state index >= 15 is 0 Å². The number of halogens is 1. The summed E-state index contributed by atoms with van der Waals surface area (Å²) < 4.78 is 5.48. The molecule has 2 aliphatic rings. The Morgan fingerprint density at radius 2 is 2.00 bits per heavy atom. The van der Waals surface area contributed by atoms with Gasteiger partial charge in [0, 0.05) is 26.2 Å². The van der Waals surface area contributed by atoms with Crippen LogP contribution in [0.1, 0.15) is 47.5 Å². The third-order valence-electron chi connectivity index (χ3n) is 4.56. The molecule has 1 saturated heterocycles. The van der Waals surface area contributed by atoms with E-state index in [-0.39, 0.29) is 36.1 Å². The van der Waals surface area contributed by atoms with Gasteiger partial charge in [-0.2, -0.15) is 0 Å². The molecule has 1 amide bonds. The number of aliphatic imine (C=N–C) groups is 1. The highest BCUT2D eigenvalue weighted by atomic mass is 127. The molecular weight excluding hydrogens is 419 g/mol. The number of guanidine groups is 1. The molecule has 0 aromatic rings. The number of hydrogen-bond acceptors (Lipinski definition) is 5. The van der Waals surface area contributed by atoms with E-state index in [1.165, 1.54) is 12.8 Å². The van der Waals surface area contributed by atoms with Crippen LogP contribution in [0.15, 0.2) is 4.99 Å². The van der Waals surface area contributed by atoms with Gasteiger partial charge < -0.3 is 19.9 Å². The van der Waals surface area contributed by atoms with E-state index in [4.69, 9.17) is 4.74 Å². The van der Waals surface area contributed by atoms with Gasteiger partial charge in [-0.15, -0.1) is 24.0 Å². The lowest BCUT2D eigenvalue weighted by Crippen LogP contribution is -2.57. The zero-order valence-corrected chi connectivity index (χ0v) is 18.0. The summed E-state index contributed by atoms with van der Waals surface area (Å²) >= 11 is 0. The SMILES string of the molecule is CCC(CC)CNC1=NCC2CN(C(=O)OC(C)(C)C)CCN12.I. The number of carbonyl (C=O) groups is 1. The van der Waals surface area contributed by atoms with Crippen LogP contribution in [0.4, 0.5) is 4.79 Å². The van der Waals surface area contributed by atoms with Crippen molar-refractivity contribution in [3.63, 3.8) is 0 Å². The molecule has 2 heterocycles. The van der Waals surface area contributed by atoms with Crippen LogP contribution in [0.5, 0.6) is 0 Å². The Hall–Kier alpha value is -0.730.